The third-order valence-corrected chi connectivity index (χ3v) is 3.13. The van der Waals surface area contributed by atoms with Crippen LogP contribution in [0.5, 0.6) is 0 Å². The maximum Gasteiger partial charge on any atom is 0.247 e. The lowest BCUT2D eigenvalue weighted by Gasteiger charge is -2.22. The Morgan fingerprint density at radius 3 is 2.53 bits per heavy atom. The van der Waals surface area contributed by atoms with Gasteiger partial charge >= 0.3 is 0 Å². The second-order valence-corrected chi connectivity index (χ2v) is 5.52. The van der Waals surface area contributed by atoms with Crippen LogP contribution in [0.1, 0.15) is 59.8 Å². The Labute approximate surface area is 106 Å². The van der Waals surface area contributed by atoms with Gasteiger partial charge in [0.1, 0.15) is 12.5 Å². The molecule has 0 aromatic rings. The van der Waals surface area contributed by atoms with Crippen LogP contribution < -0.4 is 0 Å². The van der Waals surface area contributed by atoms with E-state index in [0.717, 1.165) is 18.8 Å². The van der Waals surface area contributed by atoms with E-state index in [9.17, 15) is 0 Å². The van der Waals surface area contributed by atoms with E-state index < -0.39 is 5.79 Å². The molecule has 0 amide bonds. The van der Waals surface area contributed by atoms with Gasteiger partial charge in [0.15, 0.2) is 0 Å². The molecule has 17 heavy (non-hydrogen) atoms. The van der Waals surface area contributed by atoms with E-state index in [2.05, 4.69) is 26.8 Å². The predicted octanol–water partition coefficient (Wildman–Crippen LogP) is 4.77. The van der Waals surface area contributed by atoms with Crippen molar-refractivity contribution in [1.82, 2.24) is 0 Å². The summed E-state index contributed by atoms with van der Waals surface area (Å²) in [6.07, 6.45) is 11.3. The highest BCUT2D eigenvalue weighted by atomic mass is 16.7. The zero-order chi connectivity index (χ0) is 12.7. The molecule has 2 heteroatoms. The lowest BCUT2D eigenvalue weighted by molar-refractivity contribution is -0.129. The van der Waals surface area contributed by atoms with Crippen LogP contribution in [-0.2, 0) is 9.47 Å². The zero-order valence-corrected chi connectivity index (χ0v) is 11.7. The Morgan fingerprint density at radius 1 is 1.29 bits per heavy atom. The minimum atomic E-state index is -0.436. The number of hydrogen-bond acceptors (Lipinski definition) is 2. The van der Waals surface area contributed by atoms with Gasteiger partial charge in [-0.05, 0) is 32.1 Å². The first-order chi connectivity index (χ1) is 8.02. The van der Waals surface area contributed by atoms with E-state index in [0.29, 0.717) is 0 Å². The molecule has 1 heterocycles. The van der Waals surface area contributed by atoms with E-state index in [-0.39, 0.29) is 0 Å². The van der Waals surface area contributed by atoms with Gasteiger partial charge in [-0.15, -0.1) is 0 Å². The molecule has 0 aromatic carbocycles. The van der Waals surface area contributed by atoms with Crippen molar-refractivity contribution in [2.45, 2.75) is 65.6 Å². The average molecular weight is 238 g/mol. The second kappa shape index (κ2) is 6.73. The van der Waals surface area contributed by atoms with Gasteiger partial charge in [-0.2, -0.15) is 0 Å². The van der Waals surface area contributed by atoms with Crippen molar-refractivity contribution in [2.24, 2.45) is 5.92 Å². The van der Waals surface area contributed by atoms with Gasteiger partial charge in [-0.3, -0.25) is 0 Å². The summed E-state index contributed by atoms with van der Waals surface area (Å²) in [7, 11) is 0. The largest absolute Gasteiger partial charge is 0.457 e. The van der Waals surface area contributed by atoms with Gasteiger partial charge in [0.25, 0.3) is 0 Å². The van der Waals surface area contributed by atoms with Crippen molar-refractivity contribution in [3.05, 3.63) is 24.2 Å². The number of rotatable bonds is 7. The van der Waals surface area contributed by atoms with Gasteiger partial charge in [-0.25, -0.2) is 0 Å². The van der Waals surface area contributed by atoms with Crippen LogP contribution in [0, 0.1) is 5.92 Å². The zero-order valence-electron chi connectivity index (χ0n) is 11.7. The fraction of sp³-hybridized carbons (Fsp3) is 0.733. The van der Waals surface area contributed by atoms with Crippen LogP contribution in [0.15, 0.2) is 24.2 Å². The molecule has 0 aromatic heterocycles. The van der Waals surface area contributed by atoms with E-state index in [1.165, 1.54) is 24.8 Å². The molecule has 0 fully saturated rings. The number of ether oxygens (including phenoxy) is 2. The van der Waals surface area contributed by atoms with Crippen LogP contribution in [0.3, 0.4) is 0 Å². The molecule has 0 atom stereocenters. The smallest absolute Gasteiger partial charge is 0.247 e. The lowest BCUT2D eigenvalue weighted by Crippen LogP contribution is -2.24. The highest BCUT2D eigenvalue weighted by Crippen LogP contribution is 2.25. The Balaban J connectivity index is 2.15. The molecule has 0 unspecified atom stereocenters. The first kappa shape index (κ1) is 14.1. The SMILES string of the molecule is C/C(=C\CCC1(C)OC=CO1)CCCC(C)C. The Kier molecular flexibility index (Phi) is 5.60. The summed E-state index contributed by atoms with van der Waals surface area (Å²) in [6.45, 7) is 8.76. The third-order valence-electron chi connectivity index (χ3n) is 3.13. The Morgan fingerprint density at radius 2 is 1.94 bits per heavy atom. The van der Waals surface area contributed by atoms with Crippen molar-refractivity contribution in [1.29, 1.82) is 0 Å². The van der Waals surface area contributed by atoms with E-state index in [4.69, 9.17) is 9.47 Å². The van der Waals surface area contributed by atoms with Crippen LogP contribution in [0.2, 0.25) is 0 Å². The van der Waals surface area contributed by atoms with Gasteiger partial charge in [0, 0.05) is 13.3 Å². The van der Waals surface area contributed by atoms with Crippen molar-refractivity contribution in [3.63, 3.8) is 0 Å². The fourth-order valence-electron chi connectivity index (χ4n) is 1.96. The molecule has 1 aliphatic rings. The minimum Gasteiger partial charge on any atom is -0.457 e. The van der Waals surface area contributed by atoms with Gasteiger partial charge < -0.3 is 9.47 Å². The van der Waals surface area contributed by atoms with Gasteiger partial charge in [0.05, 0.1) is 0 Å². The molecule has 0 spiro atoms. The fourth-order valence-corrected chi connectivity index (χ4v) is 1.96. The van der Waals surface area contributed by atoms with E-state index >= 15 is 0 Å². The summed E-state index contributed by atoms with van der Waals surface area (Å²) in [6, 6.07) is 0. The minimum absolute atomic E-state index is 0.436. The van der Waals surface area contributed by atoms with Crippen LogP contribution in [0.25, 0.3) is 0 Å². The molecule has 0 saturated carbocycles. The molecule has 0 N–H and O–H groups in total. The van der Waals surface area contributed by atoms with Crippen molar-refractivity contribution >= 4 is 0 Å². The molecule has 0 aliphatic carbocycles. The maximum absolute atomic E-state index is 5.40. The molecule has 1 rings (SSSR count). The first-order valence-corrected chi connectivity index (χ1v) is 6.68. The molecule has 98 valence electrons. The summed E-state index contributed by atoms with van der Waals surface area (Å²) >= 11 is 0. The predicted molar refractivity (Wildman–Crippen MR) is 71.4 cm³/mol. The second-order valence-electron chi connectivity index (χ2n) is 5.52. The molecule has 1 aliphatic heterocycles. The maximum atomic E-state index is 5.40. The number of hydrogen-bond donors (Lipinski definition) is 0. The van der Waals surface area contributed by atoms with Crippen molar-refractivity contribution < 1.29 is 9.47 Å². The van der Waals surface area contributed by atoms with Crippen LogP contribution in [0.4, 0.5) is 0 Å². The molecule has 0 bridgehead atoms. The normalized spacial score (nSPS) is 18.3. The molecule has 0 saturated heterocycles. The average Bonchev–Trinajstić information content (AvgIpc) is 2.65. The van der Waals surface area contributed by atoms with Crippen molar-refractivity contribution in [3.8, 4) is 0 Å². The summed E-state index contributed by atoms with van der Waals surface area (Å²) in [5.74, 6) is 0.377. The van der Waals surface area contributed by atoms with Crippen molar-refractivity contribution in [2.75, 3.05) is 0 Å². The van der Waals surface area contributed by atoms with Crippen LogP contribution >= 0.6 is 0 Å². The van der Waals surface area contributed by atoms with E-state index in [1.807, 2.05) is 6.92 Å². The summed E-state index contributed by atoms with van der Waals surface area (Å²) in [5.41, 5.74) is 1.49. The molecule has 2 nitrogen and oxygen atoms in total. The number of allylic oxidation sites excluding steroid dienone is 2. The highest BCUT2D eigenvalue weighted by molar-refractivity contribution is 4.98. The van der Waals surface area contributed by atoms with E-state index in [1.54, 1.807) is 12.5 Å². The first-order valence-electron chi connectivity index (χ1n) is 6.68. The van der Waals surface area contributed by atoms with Gasteiger partial charge in [-0.1, -0.05) is 31.9 Å². The highest BCUT2D eigenvalue weighted by Gasteiger charge is 2.27. The van der Waals surface area contributed by atoms with Gasteiger partial charge in [0.2, 0.25) is 5.79 Å². The topological polar surface area (TPSA) is 18.5 Å². The lowest BCUT2D eigenvalue weighted by atomic mass is 10.0. The Bertz CT molecular complexity index is 269. The monoisotopic (exact) mass is 238 g/mol. The van der Waals surface area contributed by atoms with Crippen LogP contribution in [-0.4, -0.2) is 5.79 Å². The summed E-state index contributed by atoms with van der Waals surface area (Å²) < 4.78 is 10.8. The Hall–Kier alpha value is -0.920. The molecular formula is C15H26O2. The third kappa shape index (κ3) is 5.81. The molecular weight excluding hydrogens is 212 g/mol. The summed E-state index contributed by atoms with van der Waals surface area (Å²) in [4.78, 5) is 0. The standard InChI is InChI=1S/C15H26O2/c1-13(2)7-5-8-14(3)9-6-10-15(4)16-11-12-17-15/h9,11-13H,5-8,10H2,1-4H3/b14-9+. The summed E-state index contributed by atoms with van der Waals surface area (Å²) in [5, 5.41) is 0. The molecule has 0 radical (unpaired) electrons. The quantitative estimate of drug-likeness (QED) is 0.595.